The van der Waals surface area contributed by atoms with Crippen molar-refractivity contribution in [2.75, 3.05) is 23.3 Å². The topological polar surface area (TPSA) is 45.2 Å². The van der Waals surface area contributed by atoms with Gasteiger partial charge in [-0.25, -0.2) is 4.98 Å². The number of carbonyl (C=O) groups excluding carboxylic acids is 1. The van der Waals surface area contributed by atoms with Crippen molar-refractivity contribution in [3.63, 3.8) is 0 Å². The third kappa shape index (κ3) is 3.89. The summed E-state index contributed by atoms with van der Waals surface area (Å²) in [5.41, 5.74) is 4.63. The van der Waals surface area contributed by atoms with Crippen LogP contribution in [0, 0.1) is 13.8 Å². The van der Waals surface area contributed by atoms with E-state index in [1.165, 1.54) is 19.3 Å². The Kier molecular flexibility index (Phi) is 4.60. The van der Waals surface area contributed by atoms with Crippen LogP contribution in [0.2, 0.25) is 0 Å². The van der Waals surface area contributed by atoms with Gasteiger partial charge in [-0.15, -0.1) is 0 Å². The fraction of sp³-hybridized carbons (Fsp3) is 0.368. The SMILES string of the molecule is Cc1cc(C)cc(NC(=O)c2ccc(N3CCCCC3)cn2)c1. The van der Waals surface area contributed by atoms with E-state index >= 15 is 0 Å². The second-order valence-electron chi connectivity index (χ2n) is 6.28. The maximum absolute atomic E-state index is 12.3. The van der Waals surface area contributed by atoms with Gasteiger partial charge >= 0.3 is 0 Å². The van der Waals surface area contributed by atoms with Gasteiger partial charge in [-0.2, -0.15) is 0 Å². The summed E-state index contributed by atoms with van der Waals surface area (Å²) in [5, 5.41) is 2.92. The highest BCUT2D eigenvalue weighted by Crippen LogP contribution is 2.19. The molecule has 0 aliphatic carbocycles. The fourth-order valence-electron chi connectivity index (χ4n) is 3.10. The first-order chi connectivity index (χ1) is 11.1. The molecule has 4 heteroatoms. The van der Waals surface area contributed by atoms with E-state index < -0.39 is 0 Å². The normalized spacial score (nSPS) is 14.6. The van der Waals surface area contributed by atoms with Crippen molar-refractivity contribution in [2.24, 2.45) is 0 Å². The molecule has 0 saturated carbocycles. The molecule has 0 atom stereocenters. The minimum atomic E-state index is -0.166. The van der Waals surface area contributed by atoms with E-state index in [2.05, 4.69) is 21.3 Å². The molecule has 23 heavy (non-hydrogen) atoms. The molecule has 1 amide bonds. The molecule has 0 unspecified atom stereocenters. The predicted molar refractivity (Wildman–Crippen MR) is 94.2 cm³/mol. The molecule has 1 aromatic carbocycles. The lowest BCUT2D eigenvalue weighted by Gasteiger charge is -2.28. The summed E-state index contributed by atoms with van der Waals surface area (Å²) in [5.74, 6) is -0.166. The molecule has 1 aromatic heterocycles. The number of anilines is 2. The van der Waals surface area contributed by atoms with Crippen LogP contribution in [-0.4, -0.2) is 24.0 Å². The zero-order valence-corrected chi connectivity index (χ0v) is 13.8. The standard InChI is InChI=1S/C19H23N3O/c1-14-10-15(2)12-16(11-14)21-19(23)18-7-6-17(13-20-18)22-8-4-3-5-9-22/h6-7,10-13H,3-5,8-9H2,1-2H3,(H,21,23). The zero-order chi connectivity index (χ0) is 16.2. The third-order valence-corrected chi connectivity index (χ3v) is 4.18. The lowest BCUT2D eigenvalue weighted by Crippen LogP contribution is -2.29. The molecule has 1 saturated heterocycles. The smallest absolute Gasteiger partial charge is 0.274 e. The Morgan fingerprint density at radius 3 is 2.35 bits per heavy atom. The molecule has 2 aromatic rings. The van der Waals surface area contributed by atoms with Crippen molar-refractivity contribution in [3.8, 4) is 0 Å². The molecule has 1 N–H and O–H groups in total. The largest absolute Gasteiger partial charge is 0.370 e. The summed E-state index contributed by atoms with van der Waals surface area (Å²) < 4.78 is 0. The summed E-state index contributed by atoms with van der Waals surface area (Å²) in [7, 11) is 0. The third-order valence-electron chi connectivity index (χ3n) is 4.18. The van der Waals surface area contributed by atoms with E-state index in [1.54, 1.807) is 0 Å². The number of rotatable bonds is 3. The Bertz CT molecular complexity index is 668. The molecular weight excluding hydrogens is 286 g/mol. The number of pyridine rings is 1. The van der Waals surface area contributed by atoms with Crippen LogP contribution < -0.4 is 10.2 Å². The van der Waals surface area contributed by atoms with Crippen molar-refractivity contribution in [2.45, 2.75) is 33.1 Å². The maximum Gasteiger partial charge on any atom is 0.274 e. The van der Waals surface area contributed by atoms with Gasteiger partial charge in [0.25, 0.3) is 5.91 Å². The molecule has 0 bridgehead atoms. The molecule has 1 aliphatic rings. The van der Waals surface area contributed by atoms with Crippen LogP contribution in [-0.2, 0) is 0 Å². The predicted octanol–water partition coefficient (Wildman–Crippen LogP) is 3.94. The highest BCUT2D eigenvalue weighted by atomic mass is 16.1. The Balaban J connectivity index is 1.69. The number of carbonyl (C=O) groups is 1. The number of hydrogen-bond donors (Lipinski definition) is 1. The lowest BCUT2D eigenvalue weighted by atomic mass is 10.1. The lowest BCUT2D eigenvalue weighted by molar-refractivity contribution is 0.102. The molecule has 4 nitrogen and oxygen atoms in total. The summed E-state index contributed by atoms with van der Waals surface area (Å²) in [6, 6.07) is 9.82. The van der Waals surface area contributed by atoms with E-state index in [9.17, 15) is 4.79 Å². The van der Waals surface area contributed by atoms with Crippen LogP contribution in [0.5, 0.6) is 0 Å². The summed E-state index contributed by atoms with van der Waals surface area (Å²) in [6.07, 6.45) is 5.58. The van der Waals surface area contributed by atoms with Gasteiger partial charge in [-0.3, -0.25) is 4.79 Å². The van der Waals surface area contributed by atoms with Gasteiger partial charge in [0.05, 0.1) is 11.9 Å². The van der Waals surface area contributed by atoms with Gasteiger partial charge < -0.3 is 10.2 Å². The van der Waals surface area contributed by atoms with E-state index in [4.69, 9.17) is 0 Å². The van der Waals surface area contributed by atoms with Crippen molar-refractivity contribution >= 4 is 17.3 Å². The van der Waals surface area contributed by atoms with Crippen LogP contribution in [0.1, 0.15) is 40.9 Å². The molecular formula is C19H23N3O. The molecule has 3 rings (SSSR count). The first-order valence-corrected chi connectivity index (χ1v) is 8.22. The van der Waals surface area contributed by atoms with E-state index in [0.717, 1.165) is 35.6 Å². The Hall–Kier alpha value is -2.36. The van der Waals surface area contributed by atoms with Gasteiger partial charge in [0.1, 0.15) is 5.69 Å². The molecule has 120 valence electrons. The van der Waals surface area contributed by atoms with Crippen LogP contribution >= 0.6 is 0 Å². The second kappa shape index (κ2) is 6.82. The second-order valence-corrected chi connectivity index (χ2v) is 6.28. The first-order valence-electron chi connectivity index (χ1n) is 8.22. The summed E-state index contributed by atoms with van der Waals surface area (Å²) in [6.45, 7) is 6.20. The fourth-order valence-corrected chi connectivity index (χ4v) is 3.10. The summed E-state index contributed by atoms with van der Waals surface area (Å²) in [4.78, 5) is 19.0. The Morgan fingerprint density at radius 2 is 1.74 bits per heavy atom. The number of nitrogens with one attached hydrogen (secondary N) is 1. The van der Waals surface area contributed by atoms with E-state index in [-0.39, 0.29) is 5.91 Å². The number of benzene rings is 1. The van der Waals surface area contributed by atoms with Gasteiger partial charge in [-0.05, 0) is 68.5 Å². The number of nitrogens with zero attached hydrogens (tertiary/aromatic N) is 2. The number of amides is 1. The minimum Gasteiger partial charge on any atom is -0.370 e. The van der Waals surface area contributed by atoms with Crippen LogP contribution in [0.3, 0.4) is 0 Å². The van der Waals surface area contributed by atoms with Crippen molar-refractivity contribution < 1.29 is 4.79 Å². The molecule has 2 heterocycles. The zero-order valence-electron chi connectivity index (χ0n) is 13.8. The van der Waals surface area contributed by atoms with Gasteiger partial charge in [-0.1, -0.05) is 6.07 Å². The highest BCUT2D eigenvalue weighted by Gasteiger charge is 2.13. The highest BCUT2D eigenvalue weighted by molar-refractivity contribution is 6.03. The number of aryl methyl sites for hydroxylation is 2. The Labute approximate surface area is 137 Å². The van der Waals surface area contributed by atoms with Crippen molar-refractivity contribution in [1.82, 2.24) is 4.98 Å². The van der Waals surface area contributed by atoms with Crippen LogP contribution in [0.15, 0.2) is 36.5 Å². The molecule has 1 aliphatic heterocycles. The average Bonchev–Trinajstić information content (AvgIpc) is 2.55. The van der Waals surface area contributed by atoms with Gasteiger partial charge in [0.15, 0.2) is 0 Å². The number of hydrogen-bond acceptors (Lipinski definition) is 3. The number of piperidine rings is 1. The van der Waals surface area contributed by atoms with E-state index in [0.29, 0.717) is 5.69 Å². The maximum atomic E-state index is 12.3. The Morgan fingerprint density at radius 1 is 1.04 bits per heavy atom. The van der Waals surface area contributed by atoms with Gasteiger partial charge in [0.2, 0.25) is 0 Å². The quantitative estimate of drug-likeness (QED) is 0.934. The van der Waals surface area contributed by atoms with Crippen LogP contribution in [0.4, 0.5) is 11.4 Å². The molecule has 1 fully saturated rings. The first kappa shape index (κ1) is 15.5. The summed E-state index contributed by atoms with van der Waals surface area (Å²) >= 11 is 0. The van der Waals surface area contributed by atoms with E-state index in [1.807, 2.05) is 44.3 Å². The van der Waals surface area contributed by atoms with Crippen molar-refractivity contribution in [1.29, 1.82) is 0 Å². The minimum absolute atomic E-state index is 0.166. The van der Waals surface area contributed by atoms with Crippen LogP contribution in [0.25, 0.3) is 0 Å². The van der Waals surface area contributed by atoms with Gasteiger partial charge in [0, 0.05) is 18.8 Å². The molecule has 0 radical (unpaired) electrons. The monoisotopic (exact) mass is 309 g/mol. The number of aromatic nitrogens is 1. The van der Waals surface area contributed by atoms with Crippen molar-refractivity contribution in [3.05, 3.63) is 53.3 Å². The molecule has 0 spiro atoms. The average molecular weight is 309 g/mol.